The quantitative estimate of drug-likeness (QED) is 0.792. The number of nitrogens with one attached hydrogen (secondary N) is 2. The first-order valence-electron chi connectivity index (χ1n) is 6.01. The molecule has 0 aliphatic carbocycles. The van der Waals surface area contributed by atoms with Gasteiger partial charge in [0.15, 0.2) is 0 Å². The van der Waals surface area contributed by atoms with Crippen molar-refractivity contribution in [3.8, 4) is 0 Å². The zero-order valence-electron chi connectivity index (χ0n) is 10.6. The molecule has 2 rings (SSSR count). The van der Waals surface area contributed by atoms with Crippen molar-refractivity contribution in [3.63, 3.8) is 0 Å². The summed E-state index contributed by atoms with van der Waals surface area (Å²) in [6.45, 7) is 0. The number of hydrogen-bond acceptors (Lipinski definition) is 3. The zero-order valence-corrected chi connectivity index (χ0v) is 11.4. The van der Waals surface area contributed by atoms with Crippen LogP contribution in [0.3, 0.4) is 0 Å². The van der Waals surface area contributed by atoms with E-state index in [0.29, 0.717) is 5.69 Å². The highest BCUT2D eigenvalue weighted by atomic mass is 32.1. The van der Waals surface area contributed by atoms with E-state index in [9.17, 15) is 9.59 Å². The van der Waals surface area contributed by atoms with E-state index in [0.717, 1.165) is 5.56 Å². The number of amides is 2. The van der Waals surface area contributed by atoms with Gasteiger partial charge in [-0.25, -0.2) is 9.59 Å². The lowest BCUT2D eigenvalue weighted by molar-refractivity contribution is -0.139. The molecule has 20 heavy (non-hydrogen) atoms. The van der Waals surface area contributed by atoms with Gasteiger partial charge in [0.1, 0.15) is 6.04 Å². The number of hydrogen-bond donors (Lipinski definition) is 3. The minimum atomic E-state index is -1.06. The Morgan fingerprint density at radius 3 is 2.55 bits per heavy atom. The number of anilines is 1. The highest BCUT2D eigenvalue weighted by Crippen LogP contribution is 2.11. The minimum Gasteiger partial charge on any atom is -0.480 e. The molecule has 0 spiro atoms. The third-order valence-electron chi connectivity index (χ3n) is 2.67. The average molecular weight is 290 g/mol. The van der Waals surface area contributed by atoms with Crippen LogP contribution in [0.15, 0.2) is 47.2 Å². The summed E-state index contributed by atoms with van der Waals surface area (Å²) in [7, 11) is 0. The standard InChI is InChI=1S/C14H14N2O3S/c17-13(18)12(8-10-4-2-1-3-5-10)16-14(19)15-11-6-7-20-9-11/h1-7,9,12H,8H2,(H,17,18)(H2,15,16,19)/t12-/m1/s1. The van der Waals surface area contributed by atoms with Gasteiger partial charge in [-0.1, -0.05) is 30.3 Å². The van der Waals surface area contributed by atoms with Gasteiger partial charge in [0.05, 0.1) is 5.69 Å². The highest BCUT2D eigenvalue weighted by Gasteiger charge is 2.20. The molecule has 0 bridgehead atoms. The van der Waals surface area contributed by atoms with Crippen molar-refractivity contribution in [2.24, 2.45) is 0 Å². The van der Waals surface area contributed by atoms with Gasteiger partial charge in [-0.15, -0.1) is 0 Å². The van der Waals surface area contributed by atoms with Crippen LogP contribution in [0.25, 0.3) is 0 Å². The normalized spacial score (nSPS) is 11.6. The third-order valence-corrected chi connectivity index (χ3v) is 3.35. The predicted molar refractivity (Wildman–Crippen MR) is 78.0 cm³/mol. The maximum atomic E-state index is 11.7. The third kappa shape index (κ3) is 4.10. The summed E-state index contributed by atoms with van der Waals surface area (Å²) in [5, 5.41) is 17.8. The van der Waals surface area contributed by atoms with Crippen molar-refractivity contribution in [2.75, 3.05) is 5.32 Å². The summed E-state index contributed by atoms with van der Waals surface area (Å²) in [6, 6.07) is 9.44. The van der Waals surface area contributed by atoms with Crippen molar-refractivity contribution < 1.29 is 14.7 Å². The predicted octanol–water partition coefficient (Wildman–Crippen LogP) is 2.57. The Hall–Kier alpha value is -2.34. The van der Waals surface area contributed by atoms with E-state index in [-0.39, 0.29) is 6.42 Å². The molecule has 5 nitrogen and oxygen atoms in total. The van der Waals surface area contributed by atoms with Crippen LogP contribution >= 0.6 is 11.3 Å². The maximum absolute atomic E-state index is 11.7. The molecule has 0 unspecified atom stereocenters. The molecule has 0 aliphatic rings. The summed E-state index contributed by atoms with van der Waals surface area (Å²) >= 11 is 1.45. The fourth-order valence-corrected chi connectivity index (χ4v) is 2.30. The van der Waals surface area contributed by atoms with Crippen LogP contribution in [0.2, 0.25) is 0 Å². The minimum absolute atomic E-state index is 0.243. The monoisotopic (exact) mass is 290 g/mol. The fraction of sp³-hybridized carbons (Fsp3) is 0.143. The van der Waals surface area contributed by atoms with Gasteiger partial charge in [-0.3, -0.25) is 0 Å². The number of urea groups is 1. The topological polar surface area (TPSA) is 78.4 Å². The van der Waals surface area contributed by atoms with Crippen molar-refractivity contribution >= 4 is 29.0 Å². The number of aliphatic carboxylic acids is 1. The van der Waals surface area contributed by atoms with E-state index in [4.69, 9.17) is 5.11 Å². The van der Waals surface area contributed by atoms with Crippen molar-refractivity contribution in [3.05, 3.63) is 52.7 Å². The second-order valence-corrected chi connectivity index (χ2v) is 4.97. The maximum Gasteiger partial charge on any atom is 0.326 e. The first kappa shape index (κ1) is 14.1. The second-order valence-electron chi connectivity index (χ2n) is 4.19. The molecule has 0 saturated heterocycles. The van der Waals surface area contributed by atoms with Crippen LogP contribution in [0, 0.1) is 0 Å². The molecule has 6 heteroatoms. The Labute approximate surface area is 120 Å². The molecule has 3 N–H and O–H groups in total. The van der Waals surface area contributed by atoms with Crippen molar-refractivity contribution in [1.82, 2.24) is 5.32 Å². The Morgan fingerprint density at radius 2 is 1.95 bits per heavy atom. The van der Waals surface area contributed by atoms with Crippen LogP contribution in [-0.4, -0.2) is 23.1 Å². The molecule has 0 saturated carbocycles. The van der Waals surface area contributed by atoms with Gasteiger partial charge in [-0.05, 0) is 17.0 Å². The molecular weight excluding hydrogens is 276 g/mol. The van der Waals surface area contributed by atoms with Crippen molar-refractivity contribution in [2.45, 2.75) is 12.5 Å². The van der Waals surface area contributed by atoms with Gasteiger partial charge >= 0.3 is 12.0 Å². The molecule has 2 amide bonds. The van der Waals surface area contributed by atoms with E-state index < -0.39 is 18.0 Å². The lowest BCUT2D eigenvalue weighted by Gasteiger charge is -2.14. The Bertz CT molecular complexity index is 569. The van der Waals surface area contributed by atoms with E-state index in [1.165, 1.54) is 11.3 Å². The zero-order chi connectivity index (χ0) is 14.4. The van der Waals surface area contributed by atoms with Crippen LogP contribution in [0.5, 0.6) is 0 Å². The number of benzene rings is 1. The molecule has 0 fully saturated rings. The van der Waals surface area contributed by atoms with Crippen molar-refractivity contribution in [1.29, 1.82) is 0 Å². The number of carboxylic acid groups (broad SMARTS) is 1. The Balaban J connectivity index is 1.95. The van der Waals surface area contributed by atoms with Gasteiger partial charge in [0.25, 0.3) is 0 Å². The number of carboxylic acids is 1. The van der Waals surface area contributed by atoms with Crippen LogP contribution in [-0.2, 0) is 11.2 Å². The van der Waals surface area contributed by atoms with E-state index in [1.54, 1.807) is 11.4 Å². The highest BCUT2D eigenvalue weighted by molar-refractivity contribution is 7.08. The summed E-state index contributed by atoms with van der Waals surface area (Å²) in [4.78, 5) is 22.9. The second kappa shape index (κ2) is 6.72. The molecule has 1 aromatic carbocycles. The van der Waals surface area contributed by atoms with Gasteiger partial charge in [0.2, 0.25) is 0 Å². The lowest BCUT2D eigenvalue weighted by atomic mass is 10.1. The molecule has 1 aromatic heterocycles. The molecule has 104 valence electrons. The molecule has 1 atom stereocenters. The fourth-order valence-electron chi connectivity index (χ4n) is 1.71. The molecule has 2 aromatic rings. The molecule has 0 radical (unpaired) electrons. The Kier molecular flexibility index (Phi) is 4.73. The Morgan fingerprint density at radius 1 is 1.20 bits per heavy atom. The van der Waals surface area contributed by atoms with Gasteiger partial charge < -0.3 is 15.7 Å². The summed E-state index contributed by atoms with van der Waals surface area (Å²) in [5.74, 6) is -1.06. The van der Waals surface area contributed by atoms with E-state index >= 15 is 0 Å². The number of rotatable bonds is 5. The number of carbonyl (C=O) groups is 2. The molecule has 1 heterocycles. The largest absolute Gasteiger partial charge is 0.480 e. The first-order valence-corrected chi connectivity index (χ1v) is 6.96. The van der Waals surface area contributed by atoms with Crippen LogP contribution in [0.4, 0.5) is 10.5 Å². The van der Waals surface area contributed by atoms with E-state index in [2.05, 4.69) is 10.6 Å². The number of thiophene rings is 1. The van der Waals surface area contributed by atoms with Gasteiger partial charge in [-0.2, -0.15) is 11.3 Å². The summed E-state index contributed by atoms with van der Waals surface area (Å²) in [5.41, 5.74) is 1.51. The molecule has 0 aliphatic heterocycles. The first-order chi connectivity index (χ1) is 9.65. The van der Waals surface area contributed by atoms with Gasteiger partial charge in [0, 0.05) is 11.8 Å². The molecular formula is C14H14N2O3S. The lowest BCUT2D eigenvalue weighted by Crippen LogP contribution is -2.44. The summed E-state index contributed by atoms with van der Waals surface area (Å²) in [6.07, 6.45) is 0.243. The van der Waals surface area contributed by atoms with Crippen LogP contribution < -0.4 is 10.6 Å². The van der Waals surface area contributed by atoms with E-state index in [1.807, 2.05) is 35.7 Å². The SMILES string of the molecule is O=C(Nc1ccsc1)N[C@H](Cc1ccccc1)C(=O)O. The summed E-state index contributed by atoms with van der Waals surface area (Å²) < 4.78 is 0. The smallest absolute Gasteiger partial charge is 0.326 e. The van der Waals surface area contributed by atoms with Crippen LogP contribution in [0.1, 0.15) is 5.56 Å². The number of carbonyl (C=O) groups excluding carboxylic acids is 1. The average Bonchev–Trinajstić information content (AvgIpc) is 2.92.